The average molecular weight is 350 g/mol. The first-order valence-corrected chi connectivity index (χ1v) is 9.46. The van der Waals surface area contributed by atoms with Gasteiger partial charge in [0.1, 0.15) is 0 Å². The first-order chi connectivity index (χ1) is 13.3. The van der Waals surface area contributed by atoms with Crippen molar-refractivity contribution in [1.29, 1.82) is 0 Å². The van der Waals surface area contributed by atoms with Gasteiger partial charge in [0, 0.05) is 17.3 Å². The summed E-state index contributed by atoms with van der Waals surface area (Å²) in [7, 11) is 0. The second kappa shape index (κ2) is 6.57. The van der Waals surface area contributed by atoms with E-state index in [1.54, 1.807) is 0 Å². The van der Waals surface area contributed by atoms with Crippen molar-refractivity contribution in [2.24, 2.45) is 5.73 Å². The molecule has 0 aromatic heterocycles. The molecule has 3 aromatic rings. The quantitative estimate of drug-likeness (QED) is 0.679. The van der Waals surface area contributed by atoms with Gasteiger partial charge in [-0.3, -0.25) is 0 Å². The van der Waals surface area contributed by atoms with Gasteiger partial charge >= 0.3 is 0 Å². The third kappa shape index (κ3) is 2.70. The van der Waals surface area contributed by atoms with Gasteiger partial charge in [-0.25, -0.2) is 0 Å². The molecule has 0 radical (unpaired) electrons. The second-order valence-corrected chi connectivity index (χ2v) is 7.19. The van der Waals surface area contributed by atoms with E-state index in [2.05, 4.69) is 89.9 Å². The predicted octanol–water partition coefficient (Wildman–Crippen LogP) is 5.46. The van der Waals surface area contributed by atoms with Gasteiger partial charge in [-0.2, -0.15) is 0 Å². The van der Waals surface area contributed by atoms with Crippen LogP contribution >= 0.6 is 0 Å². The van der Waals surface area contributed by atoms with Gasteiger partial charge in [0.05, 0.1) is 12.1 Å². The first-order valence-electron chi connectivity index (χ1n) is 9.46. The van der Waals surface area contributed by atoms with E-state index in [0.29, 0.717) is 12.0 Å². The number of anilines is 2. The Labute approximate surface area is 160 Å². The number of hydrogen-bond acceptors (Lipinski definition) is 2. The second-order valence-electron chi connectivity index (χ2n) is 7.19. The average Bonchev–Trinajstić information content (AvgIpc) is 3.08. The van der Waals surface area contributed by atoms with E-state index >= 15 is 0 Å². The van der Waals surface area contributed by atoms with Crippen LogP contribution in [-0.2, 0) is 0 Å². The number of nitrogens with zero attached hydrogens (tertiary/aromatic N) is 1. The van der Waals surface area contributed by atoms with E-state index in [-0.39, 0.29) is 6.04 Å². The monoisotopic (exact) mass is 350 g/mol. The standard InChI is InChI=1S/C25H22N2/c26-25(18-8-2-1-3-9-18)19-14-16-20(17-15-19)27-23-12-6-4-10-21(23)22-11-5-7-13-24(22)27/h1-17,21,23,25H,26H2. The maximum absolute atomic E-state index is 6.47. The summed E-state index contributed by atoms with van der Waals surface area (Å²) in [5.74, 6) is 0.414. The molecule has 3 atom stereocenters. The van der Waals surface area contributed by atoms with E-state index < -0.39 is 0 Å². The van der Waals surface area contributed by atoms with Gasteiger partial charge in [0.25, 0.3) is 0 Å². The summed E-state index contributed by atoms with van der Waals surface area (Å²) in [6.07, 6.45) is 8.92. The van der Waals surface area contributed by atoms with Gasteiger partial charge in [-0.15, -0.1) is 0 Å². The molecule has 27 heavy (non-hydrogen) atoms. The molecule has 2 aliphatic rings. The predicted molar refractivity (Wildman–Crippen MR) is 112 cm³/mol. The van der Waals surface area contributed by atoms with Crippen LogP contribution in [0.5, 0.6) is 0 Å². The molecule has 2 N–H and O–H groups in total. The van der Waals surface area contributed by atoms with Crippen LogP contribution in [0.4, 0.5) is 11.4 Å². The lowest BCUT2D eigenvalue weighted by atomic mass is 9.91. The molecule has 0 spiro atoms. The van der Waals surface area contributed by atoms with Crippen molar-refractivity contribution in [3.8, 4) is 0 Å². The van der Waals surface area contributed by atoms with Gasteiger partial charge < -0.3 is 10.6 Å². The number of nitrogens with two attached hydrogens (primary N) is 1. The molecule has 2 nitrogen and oxygen atoms in total. The summed E-state index contributed by atoms with van der Waals surface area (Å²) in [6.45, 7) is 0. The van der Waals surface area contributed by atoms with Crippen molar-refractivity contribution in [2.45, 2.75) is 18.0 Å². The number of fused-ring (bicyclic) bond motifs is 3. The van der Waals surface area contributed by atoms with Crippen molar-refractivity contribution in [3.63, 3.8) is 0 Å². The zero-order valence-electron chi connectivity index (χ0n) is 15.1. The Morgan fingerprint density at radius 1 is 0.704 bits per heavy atom. The molecular weight excluding hydrogens is 328 g/mol. The summed E-state index contributed by atoms with van der Waals surface area (Å²) >= 11 is 0. The highest BCUT2D eigenvalue weighted by molar-refractivity contribution is 5.75. The van der Waals surface area contributed by atoms with Crippen LogP contribution in [0, 0.1) is 0 Å². The molecule has 0 amide bonds. The molecule has 0 bridgehead atoms. The fraction of sp³-hybridized carbons (Fsp3) is 0.120. The molecule has 132 valence electrons. The Bertz CT molecular complexity index is 1000. The Balaban J connectivity index is 1.50. The summed E-state index contributed by atoms with van der Waals surface area (Å²) < 4.78 is 0. The Hall–Kier alpha value is -3.10. The summed E-state index contributed by atoms with van der Waals surface area (Å²) in [6, 6.07) is 27.9. The molecular formula is C25H22N2. The Morgan fingerprint density at radius 3 is 2.19 bits per heavy atom. The highest BCUT2D eigenvalue weighted by atomic mass is 15.2. The van der Waals surface area contributed by atoms with Crippen molar-refractivity contribution >= 4 is 11.4 Å². The Morgan fingerprint density at radius 2 is 1.37 bits per heavy atom. The summed E-state index contributed by atoms with van der Waals surface area (Å²) in [5.41, 5.74) is 12.6. The lowest BCUT2D eigenvalue weighted by Crippen LogP contribution is -2.28. The van der Waals surface area contributed by atoms with Crippen LogP contribution in [0.25, 0.3) is 0 Å². The van der Waals surface area contributed by atoms with E-state index in [1.807, 2.05) is 18.2 Å². The molecule has 5 rings (SSSR count). The van der Waals surface area contributed by atoms with Crippen molar-refractivity contribution in [2.75, 3.05) is 4.90 Å². The first kappa shape index (κ1) is 16.1. The molecule has 3 aromatic carbocycles. The highest BCUT2D eigenvalue weighted by Crippen LogP contribution is 2.47. The van der Waals surface area contributed by atoms with Crippen molar-refractivity contribution in [1.82, 2.24) is 0 Å². The summed E-state index contributed by atoms with van der Waals surface area (Å²) in [5, 5.41) is 0. The van der Waals surface area contributed by atoms with Gasteiger partial charge in [-0.1, -0.05) is 85.0 Å². The minimum Gasteiger partial charge on any atom is -0.333 e. The number of para-hydroxylation sites is 1. The maximum atomic E-state index is 6.47. The van der Waals surface area contributed by atoms with Crippen LogP contribution in [0.2, 0.25) is 0 Å². The number of hydrogen-bond donors (Lipinski definition) is 1. The fourth-order valence-electron chi connectivity index (χ4n) is 4.29. The topological polar surface area (TPSA) is 29.3 Å². The van der Waals surface area contributed by atoms with Gasteiger partial charge in [-0.05, 0) is 34.9 Å². The van der Waals surface area contributed by atoms with E-state index in [0.717, 1.165) is 11.1 Å². The lowest BCUT2D eigenvalue weighted by molar-refractivity contribution is 0.744. The molecule has 1 aliphatic heterocycles. The normalized spacial score (nSPS) is 21.0. The van der Waals surface area contributed by atoms with E-state index in [9.17, 15) is 0 Å². The third-order valence-electron chi connectivity index (χ3n) is 5.65. The molecule has 2 heteroatoms. The van der Waals surface area contributed by atoms with Crippen LogP contribution in [-0.4, -0.2) is 6.04 Å². The van der Waals surface area contributed by atoms with E-state index in [1.165, 1.54) is 16.9 Å². The molecule has 1 heterocycles. The highest BCUT2D eigenvalue weighted by Gasteiger charge is 2.36. The van der Waals surface area contributed by atoms with Crippen LogP contribution in [0.3, 0.4) is 0 Å². The Kier molecular flexibility index (Phi) is 3.92. The van der Waals surface area contributed by atoms with Crippen molar-refractivity contribution in [3.05, 3.63) is 120 Å². The molecule has 0 saturated heterocycles. The lowest BCUT2D eigenvalue weighted by Gasteiger charge is -2.29. The van der Waals surface area contributed by atoms with E-state index in [4.69, 9.17) is 5.73 Å². The SMILES string of the molecule is NC(c1ccccc1)c1ccc(N2c3ccccc3C3C=CC=CC32)cc1. The van der Waals surface area contributed by atoms with Crippen molar-refractivity contribution < 1.29 is 0 Å². The number of rotatable bonds is 3. The number of benzene rings is 3. The zero-order chi connectivity index (χ0) is 18.2. The van der Waals surface area contributed by atoms with Crippen LogP contribution < -0.4 is 10.6 Å². The molecule has 3 unspecified atom stereocenters. The van der Waals surface area contributed by atoms with Gasteiger partial charge in [0.2, 0.25) is 0 Å². The molecule has 0 fully saturated rings. The largest absolute Gasteiger partial charge is 0.333 e. The van der Waals surface area contributed by atoms with Crippen LogP contribution in [0.1, 0.15) is 28.7 Å². The van der Waals surface area contributed by atoms with Crippen LogP contribution in [0.15, 0.2) is 103 Å². The third-order valence-corrected chi connectivity index (χ3v) is 5.65. The summed E-state index contributed by atoms with van der Waals surface area (Å²) in [4.78, 5) is 2.44. The zero-order valence-corrected chi connectivity index (χ0v) is 15.1. The minimum atomic E-state index is -0.101. The van der Waals surface area contributed by atoms with Gasteiger partial charge in [0.15, 0.2) is 0 Å². The fourth-order valence-corrected chi connectivity index (χ4v) is 4.29. The minimum absolute atomic E-state index is 0.101. The number of allylic oxidation sites excluding steroid dienone is 2. The molecule has 0 saturated carbocycles. The molecule has 1 aliphatic carbocycles. The smallest absolute Gasteiger partial charge is 0.0629 e. The maximum Gasteiger partial charge on any atom is 0.0629 e.